The van der Waals surface area contributed by atoms with Crippen molar-refractivity contribution >= 4 is 16.8 Å². The molecule has 3 rings (SSSR count). The summed E-state index contributed by atoms with van der Waals surface area (Å²) < 4.78 is 42.6. The van der Waals surface area contributed by atoms with Gasteiger partial charge in [0, 0.05) is 17.1 Å². The van der Waals surface area contributed by atoms with E-state index in [1.54, 1.807) is 6.07 Å². The first-order chi connectivity index (χ1) is 13.2. The number of H-pyrrole nitrogens is 1. The zero-order valence-corrected chi connectivity index (χ0v) is 14.3. The highest BCUT2D eigenvalue weighted by molar-refractivity contribution is 5.87. The topological polar surface area (TPSA) is 112 Å². The average Bonchev–Trinajstić information content (AvgIpc) is 2.67. The van der Waals surface area contributed by atoms with Crippen molar-refractivity contribution < 1.29 is 18.0 Å². The van der Waals surface area contributed by atoms with E-state index in [1.165, 1.54) is 25.3 Å². The summed E-state index contributed by atoms with van der Waals surface area (Å²) in [7, 11) is 0. The molecule has 0 radical (unpaired) electrons. The van der Waals surface area contributed by atoms with E-state index in [9.17, 15) is 22.8 Å². The average molecular weight is 387 g/mol. The second kappa shape index (κ2) is 7.11. The lowest BCUT2D eigenvalue weighted by Gasteiger charge is -2.19. The van der Waals surface area contributed by atoms with Gasteiger partial charge in [0.25, 0.3) is 11.5 Å². The zero-order valence-electron chi connectivity index (χ0n) is 14.3. The van der Waals surface area contributed by atoms with Gasteiger partial charge in [-0.05, 0) is 37.3 Å². The monoisotopic (exact) mass is 387 g/mol. The molecule has 28 heavy (non-hydrogen) atoms. The Hall–Kier alpha value is -3.74. The van der Waals surface area contributed by atoms with Crippen LogP contribution in [0.5, 0.6) is 0 Å². The maximum Gasteiger partial charge on any atom is 0.355 e. The van der Waals surface area contributed by atoms with E-state index in [0.717, 1.165) is 18.2 Å². The zero-order chi connectivity index (χ0) is 20.5. The van der Waals surface area contributed by atoms with E-state index in [0.29, 0.717) is 0 Å². The van der Waals surface area contributed by atoms with Gasteiger partial charge in [0.1, 0.15) is 17.6 Å². The number of hydrogen-bond acceptors (Lipinski definition) is 5. The number of amides is 1. The largest absolute Gasteiger partial charge is 0.355 e. The second-order valence-electron chi connectivity index (χ2n) is 5.93. The summed E-state index contributed by atoms with van der Waals surface area (Å²) in [5.74, 6) is -6.68. The number of alkyl halides is 2. The summed E-state index contributed by atoms with van der Waals surface area (Å²) in [6.07, 6.45) is 1.25. The van der Waals surface area contributed by atoms with E-state index in [4.69, 9.17) is 5.26 Å². The van der Waals surface area contributed by atoms with E-state index < -0.39 is 34.8 Å². The smallest absolute Gasteiger partial charge is 0.341 e. The van der Waals surface area contributed by atoms with Gasteiger partial charge < -0.3 is 10.3 Å². The first kappa shape index (κ1) is 19.0. The number of aromatic nitrogens is 3. The minimum Gasteiger partial charge on any atom is -0.341 e. The quantitative estimate of drug-likeness (QED) is 0.714. The van der Waals surface area contributed by atoms with Crippen LogP contribution in [0.1, 0.15) is 30.0 Å². The summed E-state index contributed by atoms with van der Waals surface area (Å²) in [6.45, 7) is 1.35. The van der Waals surface area contributed by atoms with Gasteiger partial charge in [-0.15, -0.1) is 0 Å². The second-order valence-corrected chi connectivity index (χ2v) is 5.93. The molecule has 142 valence electrons. The number of fused-ring (bicyclic) bond motifs is 1. The SMILES string of the molecule is C[C@@H](NC(=O)C(F)(F)c1cc2cc(F)ccc2[nH]c1=O)c1nccc(C#N)n1. The third kappa shape index (κ3) is 3.55. The minimum absolute atomic E-state index is 0.00543. The van der Waals surface area contributed by atoms with Crippen molar-refractivity contribution in [2.75, 3.05) is 0 Å². The number of rotatable bonds is 4. The molecule has 3 aromatic rings. The van der Waals surface area contributed by atoms with Gasteiger partial charge in [-0.25, -0.2) is 14.4 Å². The van der Waals surface area contributed by atoms with Crippen LogP contribution in [-0.2, 0) is 10.7 Å². The Morgan fingerprint density at radius 2 is 2.07 bits per heavy atom. The molecule has 0 fully saturated rings. The number of benzene rings is 1. The summed E-state index contributed by atoms with van der Waals surface area (Å²) in [6, 6.07) is 6.08. The maximum atomic E-state index is 14.6. The van der Waals surface area contributed by atoms with Crippen molar-refractivity contribution in [1.82, 2.24) is 20.3 Å². The predicted molar refractivity (Wildman–Crippen MR) is 91.7 cm³/mol. The molecule has 0 unspecified atom stereocenters. The Morgan fingerprint density at radius 3 is 2.79 bits per heavy atom. The van der Waals surface area contributed by atoms with Crippen LogP contribution >= 0.6 is 0 Å². The van der Waals surface area contributed by atoms with Crippen LogP contribution in [-0.4, -0.2) is 20.9 Å². The third-order valence-electron chi connectivity index (χ3n) is 3.95. The van der Waals surface area contributed by atoms with Gasteiger partial charge in [0.2, 0.25) is 0 Å². The van der Waals surface area contributed by atoms with Crippen LogP contribution in [0.3, 0.4) is 0 Å². The minimum atomic E-state index is -4.20. The summed E-state index contributed by atoms with van der Waals surface area (Å²) in [4.78, 5) is 34.0. The van der Waals surface area contributed by atoms with Crippen molar-refractivity contribution in [3.8, 4) is 6.07 Å². The highest BCUT2D eigenvalue weighted by Crippen LogP contribution is 2.28. The van der Waals surface area contributed by atoms with Gasteiger partial charge in [-0.2, -0.15) is 14.0 Å². The van der Waals surface area contributed by atoms with Crippen molar-refractivity contribution in [3.63, 3.8) is 0 Å². The Morgan fingerprint density at radius 1 is 1.32 bits per heavy atom. The number of nitriles is 1. The molecule has 10 heteroatoms. The lowest BCUT2D eigenvalue weighted by molar-refractivity contribution is -0.148. The van der Waals surface area contributed by atoms with Crippen molar-refractivity contribution in [1.29, 1.82) is 5.26 Å². The molecule has 1 aromatic carbocycles. The molecule has 0 saturated heterocycles. The Bertz CT molecular complexity index is 1170. The molecule has 7 nitrogen and oxygen atoms in total. The molecular formula is C18H12F3N5O2. The summed E-state index contributed by atoms with van der Waals surface area (Å²) in [5, 5.41) is 10.9. The van der Waals surface area contributed by atoms with E-state index >= 15 is 0 Å². The first-order valence-corrected chi connectivity index (χ1v) is 7.97. The highest BCUT2D eigenvalue weighted by atomic mass is 19.3. The lowest BCUT2D eigenvalue weighted by atomic mass is 10.1. The van der Waals surface area contributed by atoms with Crippen molar-refractivity contribution in [2.24, 2.45) is 0 Å². The van der Waals surface area contributed by atoms with Crippen molar-refractivity contribution in [3.05, 3.63) is 69.8 Å². The first-order valence-electron chi connectivity index (χ1n) is 7.97. The maximum absolute atomic E-state index is 14.6. The Kier molecular flexibility index (Phi) is 4.83. The standard InChI is InChI=1S/C18H12F3N5O2/c1-9(15-23-5-4-12(8-22)25-15)24-17(28)18(20,21)13-7-10-6-11(19)2-3-14(10)26-16(13)27/h2-7,9H,1H3,(H,24,28)(H,26,27)/t9-/m1/s1. The normalized spacial score (nSPS) is 12.4. The van der Waals surface area contributed by atoms with E-state index in [-0.39, 0.29) is 22.4 Å². The molecule has 0 spiro atoms. The van der Waals surface area contributed by atoms with Crippen LogP contribution in [0.15, 0.2) is 41.3 Å². The molecule has 2 N–H and O–H groups in total. The predicted octanol–water partition coefficient (Wildman–Crippen LogP) is 2.30. The molecule has 0 bridgehead atoms. The Balaban J connectivity index is 1.92. The number of halogens is 3. The number of aromatic amines is 1. The molecule has 2 aromatic heterocycles. The summed E-state index contributed by atoms with van der Waals surface area (Å²) in [5.41, 5.74) is -2.14. The number of hydrogen-bond donors (Lipinski definition) is 2. The number of nitrogens with one attached hydrogen (secondary N) is 2. The molecule has 0 aliphatic rings. The van der Waals surface area contributed by atoms with Crippen LogP contribution in [0, 0.1) is 17.1 Å². The fourth-order valence-corrected chi connectivity index (χ4v) is 2.53. The van der Waals surface area contributed by atoms with Gasteiger partial charge in [0.15, 0.2) is 5.82 Å². The van der Waals surface area contributed by atoms with Crippen LogP contribution in [0.2, 0.25) is 0 Å². The van der Waals surface area contributed by atoms with E-state index in [2.05, 4.69) is 15.0 Å². The number of pyridine rings is 1. The lowest BCUT2D eigenvalue weighted by Crippen LogP contribution is -2.42. The Labute approximate surface area is 155 Å². The molecule has 0 aliphatic heterocycles. The molecule has 0 saturated carbocycles. The van der Waals surface area contributed by atoms with Crippen LogP contribution in [0.4, 0.5) is 13.2 Å². The van der Waals surface area contributed by atoms with E-state index in [1.807, 2.05) is 5.32 Å². The van der Waals surface area contributed by atoms with Gasteiger partial charge in [-0.1, -0.05) is 0 Å². The molecule has 2 heterocycles. The highest BCUT2D eigenvalue weighted by Gasteiger charge is 2.44. The molecular weight excluding hydrogens is 375 g/mol. The molecule has 1 atom stereocenters. The number of nitrogens with zero attached hydrogens (tertiary/aromatic N) is 3. The number of carbonyl (C=O) groups is 1. The van der Waals surface area contributed by atoms with Gasteiger partial charge in [-0.3, -0.25) is 9.59 Å². The van der Waals surface area contributed by atoms with Crippen LogP contribution < -0.4 is 10.9 Å². The number of carbonyl (C=O) groups excluding carboxylic acids is 1. The third-order valence-corrected chi connectivity index (χ3v) is 3.95. The fourth-order valence-electron chi connectivity index (χ4n) is 2.53. The van der Waals surface area contributed by atoms with Gasteiger partial charge >= 0.3 is 5.92 Å². The van der Waals surface area contributed by atoms with Crippen molar-refractivity contribution in [2.45, 2.75) is 18.9 Å². The molecule has 1 amide bonds. The summed E-state index contributed by atoms with van der Waals surface area (Å²) >= 11 is 0. The van der Waals surface area contributed by atoms with Gasteiger partial charge in [0.05, 0.1) is 11.6 Å². The fraction of sp³-hybridized carbons (Fsp3) is 0.167. The molecule has 0 aliphatic carbocycles. The van der Waals surface area contributed by atoms with Crippen LogP contribution in [0.25, 0.3) is 10.9 Å².